The molecule has 1 aromatic carbocycles. The van der Waals surface area contributed by atoms with E-state index in [9.17, 15) is 5.11 Å². The third-order valence-corrected chi connectivity index (χ3v) is 7.74. The van der Waals surface area contributed by atoms with E-state index in [1.807, 2.05) is 0 Å². The Bertz CT molecular complexity index is 1040. The fraction of sp³-hybridized carbons (Fsp3) is 0.538. The molecule has 0 unspecified atom stereocenters. The summed E-state index contributed by atoms with van der Waals surface area (Å²) < 4.78 is 0. The molecule has 1 atom stereocenters. The number of hydrogen-bond donors (Lipinski definition) is 2. The molecule has 2 aliphatic heterocycles. The van der Waals surface area contributed by atoms with Gasteiger partial charge in [0.05, 0.1) is 19.3 Å². The molecule has 3 aliphatic rings. The van der Waals surface area contributed by atoms with Crippen LogP contribution in [0.1, 0.15) is 41.4 Å². The van der Waals surface area contributed by atoms with Crippen LogP contribution >= 0.6 is 0 Å². The van der Waals surface area contributed by atoms with Crippen molar-refractivity contribution in [3.05, 3.63) is 53.0 Å². The van der Waals surface area contributed by atoms with Crippen molar-refractivity contribution in [1.29, 1.82) is 0 Å². The SMILES string of the molecule is CN1CCN(CC#Cc2cnc(N3CCC4(CC3)Cc3ccccc3[C@H]4N)c(CO)n2)CC1. The summed E-state index contributed by atoms with van der Waals surface area (Å²) in [5.74, 6) is 7.15. The van der Waals surface area contributed by atoms with Gasteiger partial charge in [0.2, 0.25) is 0 Å². The second kappa shape index (κ2) is 9.40. The number of aliphatic hydroxyl groups is 1. The van der Waals surface area contributed by atoms with Gasteiger partial charge in [0.15, 0.2) is 5.82 Å². The molecule has 2 aromatic rings. The molecular weight excluding hydrogens is 412 g/mol. The van der Waals surface area contributed by atoms with Crippen LogP contribution in [0.2, 0.25) is 0 Å². The lowest BCUT2D eigenvalue weighted by molar-refractivity contribution is 0.168. The number of nitrogens with zero attached hydrogens (tertiary/aromatic N) is 5. The number of fused-ring (bicyclic) bond motifs is 1. The smallest absolute Gasteiger partial charge is 0.152 e. The van der Waals surface area contributed by atoms with Gasteiger partial charge >= 0.3 is 0 Å². The summed E-state index contributed by atoms with van der Waals surface area (Å²) in [6.45, 7) is 6.60. The monoisotopic (exact) mass is 446 g/mol. The summed E-state index contributed by atoms with van der Waals surface area (Å²) in [4.78, 5) is 16.2. The van der Waals surface area contributed by atoms with Gasteiger partial charge in [-0.05, 0) is 48.8 Å². The van der Waals surface area contributed by atoms with Crippen LogP contribution in [0.3, 0.4) is 0 Å². The molecule has 0 radical (unpaired) electrons. The van der Waals surface area contributed by atoms with Crippen molar-refractivity contribution in [2.45, 2.75) is 31.9 Å². The number of anilines is 1. The molecule has 0 bridgehead atoms. The number of likely N-dealkylation sites (N-methyl/N-ethyl adjacent to an activating group) is 1. The average Bonchev–Trinajstić information content (AvgIpc) is 3.12. The fourth-order valence-electron chi connectivity index (χ4n) is 5.57. The lowest BCUT2D eigenvalue weighted by Gasteiger charge is -2.42. The van der Waals surface area contributed by atoms with Crippen LogP contribution < -0.4 is 10.6 Å². The minimum absolute atomic E-state index is 0.0946. The molecule has 2 saturated heterocycles. The minimum Gasteiger partial charge on any atom is -0.390 e. The van der Waals surface area contributed by atoms with Crippen LogP contribution in [0.4, 0.5) is 5.82 Å². The number of piperidine rings is 1. The fourth-order valence-corrected chi connectivity index (χ4v) is 5.57. The molecule has 33 heavy (non-hydrogen) atoms. The second-order valence-electron chi connectivity index (χ2n) is 9.77. The molecule has 1 aromatic heterocycles. The maximum atomic E-state index is 9.98. The molecule has 0 saturated carbocycles. The standard InChI is InChI=1S/C26H34N6O/c1-30-13-15-31(16-14-30)10-4-6-21-18-28-25(23(19-33)29-21)32-11-8-26(9-12-32)17-20-5-2-3-7-22(20)24(26)27/h2-3,5,7,18,24,33H,8-17,19,27H2,1H3/t24-/m1/s1. The van der Waals surface area contributed by atoms with E-state index in [2.05, 4.69) is 67.8 Å². The van der Waals surface area contributed by atoms with Crippen LogP contribution in [-0.4, -0.2) is 77.7 Å². The van der Waals surface area contributed by atoms with Crippen molar-refractivity contribution < 1.29 is 5.11 Å². The number of aromatic nitrogens is 2. The predicted octanol–water partition coefficient (Wildman–Crippen LogP) is 1.41. The van der Waals surface area contributed by atoms with E-state index in [-0.39, 0.29) is 18.1 Å². The quantitative estimate of drug-likeness (QED) is 0.690. The van der Waals surface area contributed by atoms with Gasteiger partial charge in [-0.25, -0.2) is 9.97 Å². The maximum Gasteiger partial charge on any atom is 0.152 e. The molecular formula is C26H34N6O. The Morgan fingerprint density at radius 2 is 1.88 bits per heavy atom. The zero-order valence-electron chi connectivity index (χ0n) is 19.5. The second-order valence-corrected chi connectivity index (χ2v) is 9.77. The third kappa shape index (κ3) is 4.49. The highest BCUT2D eigenvalue weighted by molar-refractivity contribution is 5.47. The third-order valence-electron chi connectivity index (χ3n) is 7.74. The lowest BCUT2D eigenvalue weighted by Crippen LogP contribution is -2.45. The first-order valence-corrected chi connectivity index (χ1v) is 12.0. The van der Waals surface area contributed by atoms with Gasteiger partial charge in [0.25, 0.3) is 0 Å². The van der Waals surface area contributed by atoms with Crippen molar-refractivity contribution >= 4 is 5.82 Å². The van der Waals surface area contributed by atoms with E-state index < -0.39 is 0 Å². The maximum absolute atomic E-state index is 9.98. The van der Waals surface area contributed by atoms with Crippen LogP contribution in [0.15, 0.2) is 30.5 Å². The topological polar surface area (TPSA) is 81.8 Å². The zero-order chi connectivity index (χ0) is 22.8. The summed E-state index contributed by atoms with van der Waals surface area (Å²) in [5, 5.41) is 9.98. The molecule has 7 nitrogen and oxygen atoms in total. The summed E-state index contributed by atoms with van der Waals surface area (Å²) in [6.07, 6.45) is 4.83. The summed E-state index contributed by atoms with van der Waals surface area (Å²) in [6, 6.07) is 8.69. The molecule has 7 heteroatoms. The highest BCUT2D eigenvalue weighted by Crippen LogP contribution is 2.50. The van der Waals surface area contributed by atoms with Gasteiger partial charge in [0, 0.05) is 45.3 Å². The van der Waals surface area contributed by atoms with Gasteiger partial charge in [-0.15, -0.1) is 0 Å². The van der Waals surface area contributed by atoms with Crippen LogP contribution in [-0.2, 0) is 13.0 Å². The van der Waals surface area contributed by atoms with Gasteiger partial charge in [0.1, 0.15) is 11.4 Å². The number of rotatable bonds is 3. The number of benzene rings is 1. The Morgan fingerprint density at radius 3 is 2.61 bits per heavy atom. The van der Waals surface area contributed by atoms with Crippen molar-refractivity contribution in [2.24, 2.45) is 11.1 Å². The van der Waals surface area contributed by atoms with Crippen molar-refractivity contribution in [2.75, 3.05) is 57.8 Å². The van der Waals surface area contributed by atoms with Crippen molar-refractivity contribution in [1.82, 2.24) is 19.8 Å². The Labute approximate surface area is 196 Å². The number of hydrogen-bond acceptors (Lipinski definition) is 7. The predicted molar refractivity (Wildman–Crippen MR) is 130 cm³/mol. The Balaban J connectivity index is 1.23. The van der Waals surface area contributed by atoms with Crippen molar-refractivity contribution in [3.8, 4) is 11.8 Å². The Kier molecular flexibility index (Phi) is 6.35. The van der Waals surface area contributed by atoms with E-state index in [4.69, 9.17) is 5.73 Å². The average molecular weight is 447 g/mol. The van der Waals surface area contributed by atoms with Crippen LogP contribution in [0.5, 0.6) is 0 Å². The molecule has 174 valence electrons. The van der Waals surface area contributed by atoms with Gasteiger partial charge in [-0.2, -0.15) is 0 Å². The Hall–Kier alpha value is -2.50. The Morgan fingerprint density at radius 1 is 1.12 bits per heavy atom. The lowest BCUT2D eigenvalue weighted by atomic mass is 9.73. The number of piperazine rings is 1. The highest BCUT2D eigenvalue weighted by Gasteiger charge is 2.46. The molecule has 2 fully saturated rings. The zero-order valence-corrected chi connectivity index (χ0v) is 19.5. The first-order chi connectivity index (χ1) is 16.1. The highest BCUT2D eigenvalue weighted by atomic mass is 16.3. The summed E-state index contributed by atoms with van der Waals surface area (Å²) >= 11 is 0. The van der Waals surface area contributed by atoms with E-state index in [1.54, 1.807) is 6.20 Å². The summed E-state index contributed by atoms with van der Waals surface area (Å²) in [5.41, 5.74) is 10.8. The largest absolute Gasteiger partial charge is 0.390 e. The molecule has 3 heterocycles. The van der Waals surface area contributed by atoms with E-state index in [1.165, 1.54) is 11.1 Å². The van der Waals surface area contributed by atoms with Crippen LogP contribution in [0.25, 0.3) is 0 Å². The van der Waals surface area contributed by atoms with E-state index >= 15 is 0 Å². The number of nitrogens with two attached hydrogens (primary N) is 1. The van der Waals surface area contributed by atoms with Crippen LogP contribution in [0, 0.1) is 17.3 Å². The normalized spacial score (nSPS) is 22.8. The van der Waals surface area contributed by atoms with Gasteiger partial charge in [-0.1, -0.05) is 30.2 Å². The van der Waals surface area contributed by atoms with Gasteiger partial charge in [-0.3, -0.25) is 4.90 Å². The molecule has 1 aliphatic carbocycles. The summed E-state index contributed by atoms with van der Waals surface area (Å²) in [7, 11) is 2.15. The first-order valence-electron chi connectivity index (χ1n) is 12.0. The minimum atomic E-state index is -0.136. The first kappa shape index (κ1) is 22.3. The van der Waals surface area contributed by atoms with E-state index in [0.29, 0.717) is 11.4 Å². The molecule has 5 rings (SSSR count). The van der Waals surface area contributed by atoms with E-state index in [0.717, 1.165) is 70.9 Å². The van der Waals surface area contributed by atoms with Crippen molar-refractivity contribution in [3.63, 3.8) is 0 Å². The number of aliphatic hydroxyl groups excluding tert-OH is 1. The molecule has 1 spiro atoms. The molecule has 3 N–H and O–H groups in total. The molecule has 0 amide bonds. The van der Waals surface area contributed by atoms with Gasteiger partial charge < -0.3 is 20.6 Å².